The van der Waals surface area contributed by atoms with E-state index in [9.17, 15) is 0 Å². The van der Waals surface area contributed by atoms with Gasteiger partial charge in [0.25, 0.3) is 0 Å². The summed E-state index contributed by atoms with van der Waals surface area (Å²) in [5, 5.41) is 9.47. The van der Waals surface area contributed by atoms with Gasteiger partial charge in [-0.1, -0.05) is 12.6 Å². The van der Waals surface area contributed by atoms with Crippen LogP contribution < -0.4 is 0 Å². The van der Waals surface area contributed by atoms with Crippen molar-refractivity contribution in [3.63, 3.8) is 0 Å². The van der Waals surface area contributed by atoms with Gasteiger partial charge in [-0.3, -0.25) is 0 Å². The Balaban J connectivity index is 3.02. The molecule has 0 aliphatic heterocycles. The molecule has 5 heteroatoms. The van der Waals surface area contributed by atoms with Gasteiger partial charge in [0.1, 0.15) is 0 Å². The predicted octanol–water partition coefficient (Wildman–Crippen LogP) is 1.35. The molecule has 0 radical (unpaired) electrons. The first-order chi connectivity index (χ1) is 3.27. The summed E-state index contributed by atoms with van der Waals surface area (Å²) in [7, 11) is 0. The van der Waals surface area contributed by atoms with E-state index in [0.717, 1.165) is 0 Å². The molecule has 0 aliphatic rings. The SMILES string of the molecule is N#CSOC(=S)S. The van der Waals surface area contributed by atoms with Gasteiger partial charge in [-0.05, 0) is 12.2 Å². The van der Waals surface area contributed by atoms with Crippen LogP contribution in [0.1, 0.15) is 0 Å². The standard InChI is InChI=1S/C2HNOS3/c3-1-7-4-2(5)6/h(H,5,6). The van der Waals surface area contributed by atoms with Gasteiger partial charge in [-0.25, -0.2) is 0 Å². The third-order valence-corrected chi connectivity index (χ3v) is 0.878. The maximum absolute atomic E-state index is 7.81. The van der Waals surface area contributed by atoms with E-state index in [1.54, 1.807) is 5.40 Å². The molecule has 0 aromatic heterocycles. The minimum atomic E-state index is 0.0755. The fraction of sp³-hybridized carbons (Fsp3) is 0. The number of hydrogen-bond donors (Lipinski definition) is 1. The van der Waals surface area contributed by atoms with Crippen LogP contribution in [0.2, 0.25) is 0 Å². The van der Waals surface area contributed by atoms with Crippen LogP contribution >= 0.6 is 36.9 Å². The van der Waals surface area contributed by atoms with Gasteiger partial charge >= 0.3 is 0 Å². The summed E-state index contributed by atoms with van der Waals surface area (Å²) in [6, 6.07) is 0. The zero-order chi connectivity index (χ0) is 5.70. The molecule has 0 atom stereocenters. The molecule has 0 fully saturated rings. The normalized spacial score (nSPS) is 6.86. The molecule has 0 aromatic rings. The van der Waals surface area contributed by atoms with E-state index in [4.69, 9.17) is 5.26 Å². The Morgan fingerprint density at radius 3 is 2.71 bits per heavy atom. The van der Waals surface area contributed by atoms with Gasteiger partial charge in [0.15, 0.2) is 17.4 Å². The highest BCUT2D eigenvalue weighted by atomic mass is 32.2. The van der Waals surface area contributed by atoms with Crippen LogP contribution in [0.15, 0.2) is 0 Å². The molecule has 7 heavy (non-hydrogen) atoms. The average molecular weight is 151 g/mol. The van der Waals surface area contributed by atoms with Crippen LogP contribution in [0.3, 0.4) is 0 Å². The second kappa shape index (κ2) is 4.24. The van der Waals surface area contributed by atoms with Gasteiger partial charge in [-0.2, -0.15) is 5.26 Å². The molecule has 0 heterocycles. The van der Waals surface area contributed by atoms with E-state index >= 15 is 0 Å². The highest BCUT2D eigenvalue weighted by molar-refractivity contribution is 8.12. The molecule has 0 spiro atoms. The van der Waals surface area contributed by atoms with Crippen molar-refractivity contribution in [2.24, 2.45) is 0 Å². The molecule has 0 rings (SSSR count). The van der Waals surface area contributed by atoms with E-state index in [1.807, 2.05) is 0 Å². The van der Waals surface area contributed by atoms with Crippen LogP contribution in [0.4, 0.5) is 0 Å². The molecule has 0 amide bonds. The minimum absolute atomic E-state index is 0.0755. The smallest absolute Gasteiger partial charge is 0.233 e. The van der Waals surface area contributed by atoms with Crippen molar-refractivity contribution >= 4 is 41.3 Å². The van der Waals surface area contributed by atoms with E-state index in [-0.39, 0.29) is 4.38 Å². The van der Waals surface area contributed by atoms with Crippen LogP contribution in [0.25, 0.3) is 0 Å². The van der Waals surface area contributed by atoms with Gasteiger partial charge in [0.05, 0.1) is 0 Å². The van der Waals surface area contributed by atoms with Crippen molar-refractivity contribution < 1.29 is 4.18 Å². The topological polar surface area (TPSA) is 33.0 Å². The summed E-state index contributed by atoms with van der Waals surface area (Å²) in [5.74, 6) is 0. The maximum Gasteiger partial charge on any atom is 0.233 e. The monoisotopic (exact) mass is 151 g/mol. The second-order valence-corrected chi connectivity index (χ2v) is 2.12. The Hall–Kier alpha value is 0.0800. The third-order valence-electron chi connectivity index (χ3n) is 0.150. The molecule has 38 valence electrons. The predicted molar refractivity (Wildman–Crippen MR) is 35.9 cm³/mol. The Morgan fingerprint density at radius 1 is 2.00 bits per heavy atom. The molecule has 0 aromatic carbocycles. The van der Waals surface area contributed by atoms with Crippen molar-refractivity contribution in [2.45, 2.75) is 0 Å². The number of thiol groups is 1. The Kier molecular flexibility index (Phi) is 4.29. The van der Waals surface area contributed by atoms with Crippen LogP contribution in [-0.2, 0) is 4.18 Å². The molecule has 0 unspecified atom stereocenters. The molecular formula is C2HNOS3. The number of rotatable bonds is 1. The van der Waals surface area contributed by atoms with E-state index in [0.29, 0.717) is 12.0 Å². The fourth-order valence-electron chi connectivity index (χ4n) is 0.0543. The van der Waals surface area contributed by atoms with Crippen molar-refractivity contribution in [2.75, 3.05) is 0 Å². The lowest BCUT2D eigenvalue weighted by molar-refractivity contribution is 0.689. The minimum Gasteiger partial charge on any atom is -0.392 e. The molecule has 0 saturated heterocycles. The lowest BCUT2D eigenvalue weighted by atomic mass is 11.7. The summed E-state index contributed by atoms with van der Waals surface area (Å²) in [6.45, 7) is 0. The first-order valence-electron chi connectivity index (χ1n) is 1.23. The zero-order valence-corrected chi connectivity index (χ0v) is 5.65. The highest BCUT2D eigenvalue weighted by Gasteiger charge is 1.84. The van der Waals surface area contributed by atoms with E-state index in [1.165, 1.54) is 0 Å². The highest BCUT2D eigenvalue weighted by Crippen LogP contribution is 2.01. The second-order valence-electron chi connectivity index (χ2n) is 0.524. The molecule has 0 bridgehead atoms. The lowest BCUT2D eigenvalue weighted by Crippen LogP contribution is -1.77. The Morgan fingerprint density at radius 2 is 2.57 bits per heavy atom. The van der Waals surface area contributed by atoms with Crippen LogP contribution in [0.5, 0.6) is 0 Å². The van der Waals surface area contributed by atoms with Crippen LogP contribution in [-0.4, -0.2) is 4.38 Å². The molecular weight excluding hydrogens is 150 g/mol. The van der Waals surface area contributed by atoms with Crippen molar-refractivity contribution in [3.05, 3.63) is 0 Å². The number of nitrogens with zero attached hydrogens (tertiary/aromatic N) is 1. The summed E-state index contributed by atoms with van der Waals surface area (Å²) >= 11 is 8.50. The summed E-state index contributed by atoms with van der Waals surface area (Å²) in [4.78, 5) is 0. The Labute approximate surface area is 56.5 Å². The van der Waals surface area contributed by atoms with Gasteiger partial charge in [0.2, 0.25) is 4.38 Å². The Bertz CT molecular complexity index is 106. The summed E-state index contributed by atoms with van der Waals surface area (Å²) < 4.78 is 4.42. The zero-order valence-electron chi connectivity index (χ0n) is 3.12. The largest absolute Gasteiger partial charge is 0.392 e. The average Bonchev–Trinajstić information content (AvgIpc) is 1.61. The molecule has 0 aliphatic carbocycles. The molecule has 0 saturated carbocycles. The number of nitriles is 1. The lowest BCUT2D eigenvalue weighted by Gasteiger charge is -1.86. The molecule has 0 N–H and O–H groups in total. The number of thiocyanates is 1. The third kappa shape index (κ3) is 6.08. The molecule has 2 nitrogen and oxygen atoms in total. The quantitative estimate of drug-likeness (QED) is 0.265. The summed E-state index contributed by atoms with van der Waals surface area (Å²) in [5.41, 5.74) is 0. The first-order valence-corrected chi connectivity index (χ1v) is 2.82. The van der Waals surface area contributed by atoms with Gasteiger partial charge < -0.3 is 4.18 Å². The summed E-state index contributed by atoms with van der Waals surface area (Å²) in [6.07, 6.45) is 0. The van der Waals surface area contributed by atoms with E-state index < -0.39 is 0 Å². The van der Waals surface area contributed by atoms with Crippen molar-refractivity contribution in [1.29, 1.82) is 5.26 Å². The number of thiocarbonyl (C=S) groups is 1. The van der Waals surface area contributed by atoms with Gasteiger partial charge in [-0.15, -0.1) is 0 Å². The van der Waals surface area contributed by atoms with Crippen LogP contribution in [0, 0.1) is 10.7 Å². The van der Waals surface area contributed by atoms with Crippen molar-refractivity contribution in [1.82, 2.24) is 0 Å². The van der Waals surface area contributed by atoms with Gasteiger partial charge in [0, 0.05) is 0 Å². The van der Waals surface area contributed by atoms with Crippen molar-refractivity contribution in [3.8, 4) is 5.40 Å². The van der Waals surface area contributed by atoms with E-state index in [2.05, 4.69) is 29.0 Å². The maximum atomic E-state index is 7.81. The number of hydrogen-bond acceptors (Lipinski definition) is 4. The fourth-order valence-corrected chi connectivity index (χ4v) is 0.377. The first kappa shape index (κ1) is 7.08.